The van der Waals surface area contributed by atoms with Crippen molar-refractivity contribution in [3.8, 4) is 0 Å². The Morgan fingerprint density at radius 3 is 2.75 bits per heavy atom. The van der Waals surface area contributed by atoms with Crippen molar-refractivity contribution in [2.75, 3.05) is 0 Å². The summed E-state index contributed by atoms with van der Waals surface area (Å²) < 4.78 is 1.71. The van der Waals surface area contributed by atoms with Gasteiger partial charge in [-0.05, 0) is 24.5 Å². The highest BCUT2D eigenvalue weighted by Crippen LogP contribution is 2.04. The molecule has 0 spiro atoms. The second kappa shape index (κ2) is 6.86. The van der Waals surface area contributed by atoms with Gasteiger partial charge in [-0.1, -0.05) is 30.3 Å². The Hall–Kier alpha value is -2.14. The molecule has 0 aliphatic heterocycles. The van der Waals surface area contributed by atoms with Crippen molar-refractivity contribution in [1.29, 1.82) is 0 Å². The van der Waals surface area contributed by atoms with Crippen LogP contribution in [0.4, 0.5) is 0 Å². The summed E-state index contributed by atoms with van der Waals surface area (Å²) >= 11 is 0. The minimum atomic E-state index is -0.487. The number of nitrogens with zero attached hydrogens (tertiary/aromatic N) is 2. The first kappa shape index (κ1) is 14.3. The minimum absolute atomic E-state index is 0.133. The summed E-state index contributed by atoms with van der Waals surface area (Å²) in [5.74, 6) is -0.133. The third kappa shape index (κ3) is 4.20. The van der Waals surface area contributed by atoms with E-state index in [1.807, 2.05) is 49.6 Å². The normalized spacial score (nSPS) is 12.1. The molecule has 0 aliphatic rings. The average Bonchev–Trinajstić information content (AvgIpc) is 2.89. The van der Waals surface area contributed by atoms with Crippen molar-refractivity contribution in [2.24, 2.45) is 12.8 Å². The number of nitrogens with one attached hydrogen (secondary N) is 1. The number of aryl methyl sites for hydroxylation is 2. The highest BCUT2D eigenvalue weighted by molar-refractivity contribution is 5.81. The number of amides is 1. The minimum Gasteiger partial charge on any atom is -0.349 e. The van der Waals surface area contributed by atoms with Gasteiger partial charge in [0.05, 0.1) is 18.3 Å². The zero-order valence-corrected chi connectivity index (χ0v) is 11.6. The van der Waals surface area contributed by atoms with Gasteiger partial charge in [0, 0.05) is 13.2 Å². The monoisotopic (exact) mass is 272 g/mol. The van der Waals surface area contributed by atoms with Gasteiger partial charge in [-0.3, -0.25) is 9.48 Å². The fraction of sp³-hybridized carbons (Fsp3) is 0.333. The molecule has 2 aromatic rings. The lowest BCUT2D eigenvalue weighted by Crippen LogP contribution is -2.40. The molecule has 0 saturated carbocycles. The summed E-state index contributed by atoms with van der Waals surface area (Å²) in [5, 5.41) is 7.01. The van der Waals surface area contributed by atoms with E-state index in [1.54, 1.807) is 4.68 Å². The van der Waals surface area contributed by atoms with Gasteiger partial charge in [0.25, 0.3) is 0 Å². The highest BCUT2D eigenvalue weighted by Gasteiger charge is 2.13. The van der Waals surface area contributed by atoms with E-state index in [2.05, 4.69) is 10.4 Å². The first-order valence-electron chi connectivity index (χ1n) is 6.71. The van der Waals surface area contributed by atoms with E-state index in [1.165, 1.54) is 5.56 Å². The van der Waals surface area contributed by atoms with Crippen molar-refractivity contribution in [3.05, 3.63) is 53.9 Å². The summed E-state index contributed by atoms with van der Waals surface area (Å²) in [5.41, 5.74) is 7.92. The molecule has 1 aromatic carbocycles. The number of carbonyl (C=O) groups is 1. The lowest BCUT2D eigenvalue weighted by molar-refractivity contribution is -0.122. The molecule has 0 radical (unpaired) electrons. The maximum atomic E-state index is 11.9. The van der Waals surface area contributed by atoms with E-state index in [0.717, 1.165) is 12.1 Å². The van der Waals surface area contributed by atoms with Crippen molar-refractivity contribution in [3.63, 3.8) is 0 Å². The second-order valence-electron chi connectivity index (χ2n) is 4.83. The summed E-state index contributed by atoms with van der Waals surface area (Å²) in [4.78, 5) is 11.9. The molecule has 0 aliphatic carbocycles. The topological polar surface area (TPSA) is 72.9 Å². The number of hydrogen-bond donors (Lipinski definition) is 2. The largest absolute Gasteiger partial charge is 0.349 e. The molecule has 0 saturated heterocycles. The van der Waals surface area contributed by atoms with Gasteiger partial charge >= 0.3 is 0 Å². The maximum absolute atomic E-state index is 11.9. The smallest absolute Gasteiger partial charge is 0.237 e. The molecule has 3 N–H and O–H groups in total. The summed E-state index contributed by atoms with van der Waals surface area (Å²) in [6, 6.07) is 11.4. The predicted molar refractivity (Wildman–Crippen MR) is 77.8 cm³/mol. The quantitative estimate of drug-likeness (QED) is 0.824. The highest BCUT2D eigenvalue weighted by atomic mass is 16.2. The first-order valence-corrected chi connectivity index (χ1v) is 6.71. The van der Waals surface area contributed by atoms with Crippen molar-refractivity contribution >= 4 is 5.91 Å². The lowest BCUT2D eigenvalue weighted by Gasteiger charge is -2.11. The van der Waals surface area contributed by atoms with Crippen LogP contribution in [0, 0.1) is 0 Å². The number of benzene rings is 1. The van der Waals surface area contributed by atoms with Crippen LogP contribution in [0.15, 0.2) is 42.6 Å². The van der Waals surface area contributed by atoms with Crippen LogP contribution < -0.4 is 11.1 Å². The van der Waals surface area contributed by atoms with E-state index >= 15 is 0 Å². The number of aromatic nitrogens is 2. The molecule has 2 rings (SSSR count). The summed E-state index contributed by atoms with van der Waals surface area (Å²) in [7, 11) is 1.84. The molecule has 1 unspecified atom stereocenters. The van der Waals surface area contributed by atoms with Gasteiger partial charge in [-0.25, -0.2) is 0 Å². The molecular weight excluding hydrogens is 252 g/mol. The predicted octanol–water partition coefficient (Wildman–Crippen LogP) is 0.996. The van der Waals surface area contributed by atoms with Gasteiger partial charge < -0.3 is 11.1 Å². The van der Waals surface area contributed by atoms with E-state index < -0.39 is 6.04 Å². The van der Waals surface area contributed by atoms with Crippen LogP contribution in [0.3, 0.4) is 0 Å². The Morgan fingerprint density at radius 2 is 2.10 bits per heavy atom. The Bertz CT molecular complexity index is 550. The number of carbonyl (C=O) groups excluding carboxylic acids is 1. The van der Waals surface area contributed by atoms with Crippen LogP contribution in [-0.2, 0) is 24.8 Å². The SMILES string of the molecule is Cn1ccc(CNC(=O)C(N)CCc2ccccc2)n1. The summed E-state index contributed by atoms with van der Waals surface area (Å²) in [6.07, 6.45) is 3.29. The fourth-order valence-corrected chi connectivity index (χ4v) is 1.96. The van der Waals surface area contributed by atoms with Crippen molar-refractivity contribution in [2.45, 2.75) is 25.4 Å². The molecule has 5 nitrogen and oxygen atoms in total. The van der Waals surface area contributed by atoms with E-state index in [-0.39, 0.29) is 5.91 Å². The van der Waals surface area contributed by atoms with Gasteiger partial charge in [-0.15, -0.1) is 0 Å². The van der Waals surface area contributed by atoms with Crippen molar-refractivity contribution < 1.29 is 4.79 Å². The van der Waals surface area contributed by atoms with Crippen LogP contribution in [0.25, 0.3) is 0 Å². The molecule has 1 aromatic heterocycles. The van der Waals surface area contributed by atoms with Gasteiger partial charge in [0.1, 0.15) is 0 Å². The average molecular weight is 272 g/mol. The van der Waals surface area contributed by atoms with Gasteiger partial charge in [0.15, 0.2) is 0 Å². The fourth-order valence-electron chi connectivity index (χ4n) is 1.96. The lowest BCUT2D eigenvalue weighted by atomic mass is 10.1. The first-order chi connectivity index (χ1) is 9.65. The Morgan fingerprint density at radius 1 is 1.35 bits per heavy atom. The third-order valence-electron chi connectivity index (χ3n) is 3.14. The molecule has 20 heavy (non-hydrogen) atoms. The van der Waals surface area contributed by atoms with Crippen molar-refractivity contribution in [1.82, 2.24) is 15.1 Å². The number of hydrogen-bond acceptors (Lipinski definition) is 3. The second-order valence-corrected chi connectivity index (χ2v) is 4.83. The van der Waals surface area contributed by atoms with E-state index in [4.69, 9.17) is 5.73 Å². The zero-order valence-electron chi connectivity index (χ0n) is 11.6. The van der Waals surface area contributed by atoms with Gasteiger partial charge in [0.2, 0.25) is 5.91 Å². The third-order valence-corrected chi connectivity index (χ3v) is 3.14. The van der Waals surface area contributed by atoms with E-state index in [9.17, 15) is 4.79 Å². The van der Waals surface area contributed by atoms with Crippen LogP contribution in [0.5, 0.6) is 0 Å². The molecule has 0 fully saturated rings. The number of rotatable bonds is 6. The molecule has 106 valence electrons. The number of nitrogens with two attached hydrogens (primary N) is 1. The van der Waals surface area contributed by atoms with Gasteiger partial charge in [-0.2, -0.15) is 5.10 Å². The Balaban J connectivity index is 1.74. The summed E-state index contributed by atoms with van der Waals surface area (Å²) in [6.45, 7) is 0.415. The maximum Gasteiger partial charge on any atom is 0.237 e. The van der Waals surface area contributed by atoms with Crippen LogP contribution >= 0.6 is 0 Å². The zero-order chi connectivity index (χ0) is 14.4. The van der Waals surface area contributed by atoms with E-state index in [0.29, 0.717) is 13.0 Å². The molecule has 1 heterocycles. The molecule has 5 heteroatoms. The van der Waals surface area contributed by atoms with Crippen LogP contribution in [0.2, 0.25) is 0 Å². The van der Waals surface area contributed by atoms with Crippen LogP contribution in [0.1, 0.15) is 17.7 Å². The molecule has 0 bridgehead atoms. The molecule has 1 amide bonds. The standard InChI is InChI=1S/C15H20N4O/c1-19-10-9-13(18-19)11-17-15(20)14(16)8-7-12-5-3-2-4-6-12/h2-6,9-10,14H,7-8,11,16H2,1H3,(H,17,20). The molecule has 1 atom stereocenters. The van der Waals surface area contributed by atoms with Crippen LogP contribution in [-0.4, -0.2) is 21.7 Å². The Kier molecular flexibility index (Phi) is 4.90. The molecular formula is C15H20N4O. The Labute approximate surface area is 118 Å².